The fraction of sp³-hybridized carbons (Fsp3) is 0.316. The van der Waals surface area contributed by atoms with Crippen LogP contribution in [0.25, 0.3) is 0 Å². The molecule has 1 amide bonds. The van der Waals surface area contributed by atoms with E-state index in [0.717, 1.165) is 12.8 Å². The van der Waals surface area contributed by atoms with Gasteiger partial charge in [0.1, 0.15) is 10.6 Å². The molecule has 1 saturated carbocycles. The predicted molar refractivity (Wildman–Crippen MR) is 109 cm³/mol. The Kier molecular flexibility index (Phi) is 6.19. The van der Waals surface area contributed by atoms with Crippen molar-refractivity contribution in [1.82, 2.24) is 9.62 Å². The molecule has 1 fully saturated rings. The molecule has 9 heteroatoms. The van der Waals surface area contributed by atoms with Crippen molar-refractivity contribution in [3.8, 4) is 5.75 Å². The molecule has 0 radical (unpaired) electrons. The van der Waals surface area contributed by atoms with Gasteiger partial charge in [-0.25, -0.2) is 13.1 Å². The molecule has 0 aromatic heterocycles. The number of nitrogens with zero attached hydrogens (tertiary/aromatic N) is 1. The summed E-state index contributed by atoms with van der Waals surface area (Å²) in [5.74, 6) is -0.160. The average molecular weight is 443 g/mol. The van der Waals surface area contributed by atoms with E-state index in [9.17, 15) is 13.2 Å². The summed E-state index contributed by atoms with van der Waals surface area (Å²) < 4.78 is 33.0. The molecule has 0 spiro atoms. The molecule has 3 rings (SSSR count). The van der Waals surface area contributed by atoms with Crippen molar-refractivity contribution in [3.05, 3.63) is 57.6 Å². The molecule has 1 aliphatic rings. The summed E-state index contributed by atoms with van der Waals surface area (Å²) in [6.07, 6.45) is 1.62. The molecule has 0 saturated heterocycles. The Balaban J connectivity index is 1.87. The van der Waals surface area contributed by atoms with Gasteiger partial charge in [-0.05, 0) is 42.7 Å². The molecule has 2 aromatic carbocycles. The zero-order valence-corrected chi connectivity index (χ0v) is 17.7. The standard InChI is InChI=1S/C19H20Cl2N2O4S/c1-23(11-13-4-3-5-15(20)18(13)21)19(24)12-6-9-16(27-2)17(10-12)28(25,26)22-14-7-8-14/h3-6,9-10,14,22H,7-8,11H2,1-2H3. The van der Waals surface area contributed by atoms with Crippen molar-refractivity contribution >= 4 is 39.1 Å². The number of rotatable bonds is 7. The minimum atomic E-state index is -3.78. The molecule has 28 heavy (non-hydrogen) atoms. The maximum absolute atomic E-state index is 12.9. The van der Waals surface area contributed by atoms with Gasteiger partial charge in [-0.3, -0.25) is 4.79 Å². The minimum Gasteiger partial charge on any atom is -0.495 e. The van der Waals surface area contributed by atoms with Gasteiger partial charge in [-0.15, -0.1) is 0 Å². The van der Waals surface area contributed by atoms with E-state index in [0.29, 0.717) is 15.6 Å². The highest BCUT2D eigenvalue weighted by Crippen LogP contribution is 2.30. The number of hydrogen-bond acceptors (Lipinski definition) is 4. The molecular weight excluding hydrogens is 423 g/mol. The first-order valence-corrected chi connectivity index (χ1v) is 10.9. The van der Waals surface area contributed by atoms with E-state index in [1.165, 1.54) is 30.2 Å². The summed E-state index contributed by atoms with van der Waals surface area (Å²) in [6, 6.07) is 9.50. The van der Waals surface area contributed by atoms with Gasteiger partial charge in [0.25, 0.3) is 5.91 Å². The summed E-state index contributed by atoms with van der Waals surface area (Å²) in [6.45, 7) is 0.229. The maximum Gasteiger partial charge on any atom is 0.253 e. The van der Waals surface area contributed by atoms with Crippen LogP contribution in [0.2, 0.25) is 10.0 Å². The SMILES string of the molecule is COc1ccc(C(=O)N(C)Cc2cccc(Cl)c2Cl)cc1S(=O)(=O)NC1CC1. The molecule has 0 bridgehead atoms. The van der Waals surface area contributed by atoms with Crippen molar-refractivity contribution in [2.45, 2.75) is 30.3 Å². The smallest absolute Gasteiger partial charge is 0.253 e. The minimum absolute atomic E-state index is 0.0538. The molecular formula is C19H20Cl2N2O4S. The van der Waals surface area contributed by atoms with Crippen LogP contribution < -0.4 is 9.46 Å². The molecule has 0 heterocycles. The normalized spacial score (nSPS) is 14.0. The Labute approximate surface area is 174 Å². The zero-order chi connectivity index (χ0) is 20.5. The number of benzene rings is 2. The molecule has 0 unspecified atom stereocenters. The van der Waals surface area contributed by atoms with E-state index in [1.807, 2.05) is 0 Å². The van der Waals surface area contributed by atoms with Crippen LogP contribution >= 0.6 is 23.2 Å². The van der Waals surface area contributed by atoms with Crippen molar-refractivity contribution < 1.29 is 17.9 Å². The Bertz CT molecular complexity index is 1010. The number of ether oxygens (including phenoxy) is 1. The third kappa shape index (κ3) is 4.60. The number of hydrogen-bond donors (Lipinski definition) is 1. The van der Waals surface area contributed by atoms with Gasteiger partial charge in [0.15, 0.2) is 0 Å². The Morgan fingerprint density at radius 1 is 1.25 bits per heavy atom. The number of nitrogens with one attached hydrogen (secondary N) is 1. The van der Waals surface area contributed by atoms with Crippen molar-refractivity contribution in [2.24, 2.45) is 0 Å². The second-order valence-electron chi connectivity index (χ2n) is 6.64. The summed E-state index contributed by atoms with van der Waals surface area (Å²) >= 11 is 12.2. The van der Waals surface area contributed by atoms with E-state index in [-0.39, 0.29) is 34.7 Å². The van der Waals surface area contributed by atoms with Crippen LogP contribution in [0.4, 0.5) is 0 Å². The summed E-state index contributed by atoms with van der Waals surface area (Å²) in [5.41, 5.74) is 0.930. The molecule has 0 atom stereocenters. The van der Waals surface area contributed by atoms with E-state index < -0.39 is 10.0 Å². The van der Waals surface area contributed by atoms with Crippen LogP contribution in [-0.2, 0) is 16.6 Å². The average Bonchev–Trinajstić information content (AvgIpc) is 3.47. The lowest BCUT2D eigenvalue weighted by atomic mass is 10.1. The Hall–Kier alpha value is -1.80. The van der Waals surface area contributed by atoms with Crippen LogP contribution in [0.15, 0.2) is 41.3 Å². The fourth-order valence-electron chi connectivity index (χ4n) is 2.72. The lowest BCUT2D eigenvalue weighted by molar-refractivity contribution is 0.0785. The van der Waals surface area contributed by atoms with Crippen molar-refractivity contribution in [1.29, 1.82) is 0 Å². The molecule has 0 aliphatic heterocycles. The van der Waals surface area contributed by atoms with Crippen LogP contribution in [0.5, 0.6) is 5.75 Å². The van der Waals surface area contributed by atoms with Crippen molar-refractivity contribution in [3.63, 3.8) is 0 Å². The number of amides is 1. The Morgan fingerprint density at radius 3 is 2.61 bits per heavy atom. The summed E-state index contributed by atoms with van der Waals surface area (Å²) in [7, 11) is -0.776. The van der Waals surface area contributed by atoms with Crippen LogP contribution in [0.3, 0.4) is 0 Å². The number of carbonyl (C=O) groups excluding carboxylic acids is 1. The summed E-state index contributed by atoms with van der Waals surface area (Å²) in [5, 5.41) is 0.791. The quantitative estimate of drug-likeness (QED) is 0.708. The predicted octanol–water partition coefficient (Wildman–Crippen LogP) is 3.71. The lowest BCUT2D eigenvalue weighted by Gasteiger charge is -2.19. The van der Waals surface area contributed by atoms with Crippen molar-refractivity contribution in [2.75, 3.05) is 14.2 Å². The highest BCUT2D eigenvalue weighted by molar-refractivity contribution is 7.89. The highest BCUT2D eigenvalue weighted by Gasteiger charge is 2.30. The second-order valence-corrected chi connectivity index (χ2v) is 9.10. The van der Waals surface area contributed by atoms with Crippen LogP contribution in [-0.4, -0.2) is 39.4 Å². The summed E-state index contributed by atoms with van der Waals surface area (Å²) in [4.78, 5) is 14.2. The van der Waals surface area contributed by atoms with E-state index in [2.05, 4.69) is 4.72 Å². The monoisotopic (exact) mass is 442 g/mol. The molecule has 150 valence electrons. The van der Waals surface area contributed by atoms with Gasteiger partial charge >= 0.3 is 0 Å². The number of carbonyl (C=O) groups is 1. The number of halogens is 2. The van der Waals surface area contributed by atoms with Gasteiger partial charge in [-0.1, -0.05) is 35.3 Å². The molecule has 2 aromatic rings. The molecule has 1 N–H and O–H groups in total. The lowest BCUT2D eigenvalue weighted by Crippen LogP contribution is -2.28. The van der Waals surface area contributed by atoms with Gasteiger partial charge < -0.3 is 9.64 Å². The van der Waals surface area contributed by atoms with Gasteiger partial charge in [0.2, 0.25) is 10.0 Å². The molecule has 6 nitrogen and oxygen atoms in total. The third-order valence-electron chi connectivity index (χ3n) is 4.39. The van der Waals surface area contributed by atoms with Gasteiger partial charge in [0, 0.05) is 25.2 Å². The zero-order valence-electron chi connectivity index (χ0n) is 15.4. The fourth-order valence-corrected chi connectivity index (χ4v) is 4.60. The molecule has 1 aliphatic carbocycles. The third-order valence-corrected chi connectivity index (χ3v) is 6.78. The highest BCUT2D eigenvalue weighted by atomic mass is 35.5. The van der Waals surface area contributed by atoms with E-state index in [1.54, 1.807) is 25.2 Å². The topological polar surface area (TPSA) is 75.7 Å². The first kappa shape index (κ1) is 20.9. The first-order valence-electron chi connectivity index (χ1n) is 8.61. The number of sulfonamides is 1. The second kappa shape index (κ2) is 8.29. The van der Waals surface area contributed by atoms with Gasteiger partial charge in [0.05, 0.1) is 17.2 Å². The van der Waals surface area contributed by atoms with E-state index in [4.69, 9.17) is 27.9 Å². The first-order chi connectivity index (χ1) is 13.2. The van der Waals surface area contributed by atoms with Gasteiger partial charge in [-0.2, -0.15) is 0 Å². The largest absolute Gasteiger partial charge is 0.495 e. The Morgan fingerprint density at radius 2 is 1.96 bits per heavy atom. The number of methoxy groups -OCH3 is 1. The van der Waals surface area contributed by atoms with E-state index >= 15 is 0 Å². The van der Waals surface area contributed by atoms with Crippen LogP contribution in [0.1, 0.15) is 28.8 Å². The van der Waals surface area contributed by atoms with Crippen LogP contribution in [0, 0.1) is 0 Å². The maximum atomic E-state index is 12.9.